The molecule has 144 valence electrons. The number of hydrogen-bond donors (Lipinski definition) is 5. The number of aromatic nitrogens is 1. The average molecular weight is 369 g/mol. The molecule has 1 aromatic heterocycles. The summed E-state index contributed by atoms with van der Waals surface area (Å²) in [5.74, 6) is -1.11. The number of carbonyl (C=O) groups is 1. The number of likely N-dealkylation sites (tertiary alicyclic amines) is 1. The highest BCUT2D eigenvalue weighted by Gasteiger charge is 2.49. The number of rotatable bonds is 6. The van der Waals surface area contributed by atoms with E-state index >= 15 is 0 Å². The summed E-state index contributed by atoms with van der Waals surface area (Å²) in [5.41, 5.74) is 0.625. The first kappa shape index (κ1) is 20.4. The molecule has 0 radical (unpaired) electrons. The molecule has 1 aliphatic heterocycles. The van der Waals surface area contributed by atoms with Gasteiger partial charge in [-0.2, -0.15) is 4.39 Å². The lowest BCUT2D eigenvalue weighted by atomic mass is 9.87. The second-order valence-electron chi connectivity index (χ2n) is 6.07. The van der Waals surface area contributed by atoms with E-state index in [1.807, 2.05) is 0 Å². The molecule has 1 aromatic rings. The largest absolute Gasteiger partial charge is 0.395 e. The van der Waals surface area contributed by atoms with E-state index in [-0.39, 0.29) is 6.54 Å². The molecule has 5 atom stereocenters. The molecule has 0 aliphatic carbocycles. The van der Waals surface area contributed by atoms with Crippen LogP contribution in [-0.4, -0.2) is 86.3 Å². The Labute approximate surface area is 150 Å². The summed E-state index contributed by atoms with van der Waals surface area (Å²) in [6.07, 6.45) is 0.129. The molecular weight excluding hydrogens is 345 g/mol. The van der Waals surface area contributed by atoms with Crippen molar-refractivity contribution < 1.29 is 29.6 Å². The van der Waals surface area contributed by atoms with Gasteiger partial charge in [0.25, 0.3) is 0 Å². The van der Waals surface area contributed by atoms with E-state index in [4.69, 9.17) is 0 Å². The molecule has 0 aromatic carbocycles. The highest BCUT2D eigenvalue weighted by molar-refractivity contribution is 5.82. The summed E-state index contributed by atoms with van der Waals surface area (Å²) >= 11 is 0. The quantitative estimate of drug-likeness (QED) is 0.386. The number of carbonyl (C=O) groups excluding carboxylic acids is 1. The van der Waals surface area contributed by atoms with Crippen molar-refractivity contribution in [2.45, 2.75) is 37.3 Å². The third-order valence-electron chi connectivity index (χ3n) is 4.38. The van der Waals surface area contributed by atoms with E-state index in [0.717, 1.165) is 0 Å². The van der Waals surface area contributed by atoms with Crippen molar-refractivity contribution >= 4 is 12.0 Å². The minimum atomic E-state index is -1.55. The van der Waals surface area contributed by atoms with E-state index in [1.165, 1.54) is 23.2 Å². The van der Waals surface area contributed by atoms with Gasteiger partial charge in [-0.25, -0.2) is 4.98 Å². The zero-order valence-electron chi connectivity index (χ0n) is 14.4. The van der Waals surface area contributed by atoms with Crippen LogP contribution in [0, 0.1) is 5.95 Å². The van der Waals surface area contributed by atoms with Crippen molar-refractivity contribution in [3.8, 4) is 0 Å². The maximum Gasteiger partial charge on any atom is 0.240 e. The van der Waals surface area contributed by atoms with Crippen molar-refractivity contribution in [3.63, 3.8) is 0 Å². The van der Waals surface area contributed by atoms with Crippen LogP contribution in [0.2, 0.25) is 0 Å². The molecule has 26 heavy (non-hydrogen) atoms. The molecule has 9 heteroatoms. The molecule has 0 spiro atoms. The summed E-state index contributed by atoms with van der Waals surface area (Å²) in [4.78, 5) is 17.3. The van der Waals surface area contributed by atoms with Gasteiger partial charge in [-0.1, -0.05) is 12.2 Å². The molecule has 2 heterocycles. The fourth-order valence-electron chi connectivity index (χ4n) is 3.06. The van der Waals surface area contributed by atoms with E-state index < -0.39 is 48.9 Å². The normalized spacial score (nSPS) is 29.8. The van der Waals surface area contributed by atoms with Crippen LogP contribution in [0.15, 0.2) is 24.4 Å². The van der Waals surface area contributed by atoms with Crippen molar-refractivity contribution in [2.24, 2.45) is 0 Å². The number of nitrogens with one attached hydrogen (secondary N) is 1. The van der Waals surface area contributed by atoms with Crippen LogP contribution in [0.3, 0.4) is 0 Å². The summed E-state index contributed by atoms with van der Waals surface area (Å²) < 4.78 is 12.8. The van der Waals surface area contributed by atoms with E-state index in [0.29, 0.717) is 12.1 Å². The van der Waals surface area contributed by atoms with Crippen LogP contribution in [-0.2, 0) is 4.79 Å². The average Bonchev–Trinajstić information content (AvgIpc) is 2.62. The van der Waals surface area contributed by atoms with Gasteiger partial charge in [0.15, 0.2) is 0 Å². The predicted octanol–water partition coefficient (Wildman–Crippen LogP) is -1.50. The number of amides is 1. The van der Waals surface area contributed by atoms with Crippen LogP contribution >= 0.6 is 0 Å². The molecule has 1 amide bonds. The van der Waals surface area contributed by atoms with Crippen molar-refractivity contribution in [1.29, 1.82) is 0 Å². The van der Waals surface area contributed by atoms with Gasteiger partial charge in [-0.05, 0) is 24.6 Å². The summed E-state index contributed by atoms with van der Waals surface area (Å²) in [5, 5.41) is 42.6. The Hall–Kier alpha value is -1.91. The first-order valence-electron chi connectivity index (χ1n) is 8.37. The summed E-state index contributed by atoms with van der Waals surface area (Å²) in [6.45, 7) is 1.64. The number of likely N-dealkylation sites (N-methyl/N-ethyl adjacent to an activating group) is 1. The van der Waals surface area contributed by atoms with Gasteiger partial charge in [-0.3, -0.25) is 9.69 Å². The highest BCUT2D eigenvalue weighted by Crippen LogP contribution is 2.25. The van der Waals surface area contributed by atoms with Crippen molar-refractivity contribution in [2.75, 3.05) is 19.7 Å². The maximum absolute atomic E-state index is 12.8. The lowest BCUT2D eigenvalue weighted by Crippen LogP contribution is -2.70. The first-order chi connectivity index (χ1) is 12.4. The SMILES string of the molecule is CCNC(=O)[C@@H]1[C@@H](O)[C@@H](O)[C@H](O)[C@@H](CO)N1C/C=C/c1ccc(F)nc1. The summed E-state index contributed by atoms with van der Waals surface area (Å²) in [7, 11) is 0. The third kappa shape index (κ3) is 4.43. The zero-order valence-corrected chi connectivity index (χ0v) is 14.4. The molecule has 1 fully saturated rings. The van der Waals surface area contributed by atoms with Crippen molar-refractivity contribution in [3.05, 3.63) is 35.9 Å². The molecular formula is C17H24FN3O5. The zero-order chi connectivity index (χ0) is 19.3. The van der Waals surface area contributed by atoms with Crippen LogP contribution in [0.5, 0.6) is 0 Å². The molecule has 1 saturated heterocycles. The molecule has 8 nitrogen and oxygen atoms in total. The predicted molar refractivity (Wildman–Crippen MR) is 91.3 cm³/mol. The van der Waals surface area contributed by atoms with E-state index in [1.54, 1.807) is 19.1 Å². The Morgan fingerprint density at radius 3 is 2.62 bits per heavy atom. The molecule has 0 bridgehead atoms. The topological polar surface area (TPSA) is 126 Å². The monoisotopic (exact) mass is 369 g/mol. The van der Waals surface area contributed by atoms with Gasteiger partial charge in [-0.15, -0.1) is 0 Å². The van der Waals surface area contributed by atoms with Crippen LogP contribution in [0.4, 0.5) is 4.39 Å². The van der Waals surface area contributed by atoms with E-state index in [2.05, 4.69) is 10.3 Å². The number of nitrogens with zero attached hydrogens (tertiary/aromatic N) is 2. The third-order valence-corrected chi connectivity index (χ3v) is 4.38. The lowest BCUT2D eigenvalue weighted by molar-refractivity contribution is -0.176. The molecule has 5 N–H and O–H groups in total. The molecule has 0 saturated carbocycles. The summed E-state index contributed by atoms with van der Waals surface area (Å²) in [6, 6.07) is 0.657. The minimum absolute atomic E-state index is 0.102. The van der Waals surface area contributed by atoms with Crippen LogP contribution in [0.1, 0.15) is 12.5 Å². The number of hydrogen-bond acceptors (Lipinski definition) is 7. The van der Waals surface area contributed by atoms with Gasteiger partial charge in [0.05, 0.1) is 12.6 Å². The van der Waals surface area contributed by atoms with Crippen molar-refractivity contribution in [1.82, 2.24) is 15.2 Å². The Kier molecular flexibility index (Phi) is 7.18. The number of pyridine rings is 1. The molecule has 1 aliphatic rings. The molecule has 2 rings (SSSR count). The Bertz CT molecular complexity index is 627. The number of halogens is 1. The van der Waals surface area contributed by atoms with Crippen LogP contribution < -0.4 is 5.32 Å². The van der Waals surface area contributed by atoms with E-state index in [9.17, 15) is 29.6 Å². The second kappa shape index (κ2) is 9.15. The Balaban J connectivity index is 2.22. The van der Waals surface area contributed by atoms with Gasteiger partial charge >= 0.3 is 0 Å². The minimum Gasteiger partial charge on any atom is -0.395 e. The fourth-order valence-corrected chi connectivity index (χ4v) is 3.06. The first-order valence-corrected chi connectivity index (χ1v) is 8.37. The lowest BCUT2D eigenvalue weighted by Gasteiger charge is -2.47. The van der Waals surface area contributed by atoms with Crippen LogP contribution in [0.25, 0.3) is 6.08 Å². The van der Waals surface area contributed by atoms with Gasteiger partial charge in [0.2, 0.25) is 11.9 Å². The Morgan fingerprint density at radius 1 is 1.31 bits per heavy atom. The fraction of sp³-hybridized carbons (Fsp3) is 0.529. The van der Waals surface area contributed by atoms with Gasteiger partial charge in [0, 0.05) is 19.3 Å². The standard InChI is InChI=1S/C17H24FN3O5/c1-2-19-17(26)13-15(24)16(25)14(23)11(9-22)21(13)7-3-4-10-5-6-12(18)20-8-10/h3-6,8,11,13-16,22-25H,2,7,9H2,1H3,(H,19,26)/b4-3+/t11-,13+,14-,15-,16+/m1/s1. The maximum atomic E-state index is 12.8. The highest BCUT2D eigenvalue weighted by atomic mass is 19.1. The number of piperidine rings is 1. The number of aliphatic hydroxyl groups excluding tert-OH is 4. The second-order valence-corrected chi connectivity index (χ2v) is 6.07. The molecule has 0 unspecified atom stereocenters. The number of aliphatic hydroxyl groups is 4. The Morgan fingerprint density at radius 2 is 2.04 bits per heavy atom. The van der Waals surface area contributed by atoms with Gasteiger partial charge in [0.1, 0.15) is 24.4 Å². The smallest absolute Gasteiger partial charge is 0.240 e. The van der Waals surface area contributed by atoms with Gasteiger partial charge < -0.3 is 25.7 Å².